The van der Waals surface area contributed by atoms with E-state index in [1.54, 1.807) is 16.7 Å². The van der Waals surface area contributed by atoms with E-state index in [-0.39, 0.29) is 40.4 Å². The summed E-state index contributed by atoms with van der Waals surface area (Å²) >= 11 is 3.48. The van der Waals surface area contributed by atoms with E-state index in [1.165, 1.54) is 7.11 Å². The number of thioether (sulfide) groups is 2. The second kappa shape index (κ2) is 18.7. The molecule has 2 aromatic carbocycles. The van der Waals surface area contributed by atoms with Crippen LogP contribution in [-0.2, 0) is 41.6 Å². The molecule has 4 aliphatic rings. The summed E-state index contributed by atoms with van der Waals surface area (Å²) in [5, 5.41) is 6.32. The van der Waals surface area contributed by atoms with E-state index >= 15 is 0 Å². The SMILES string of the molecule is COC(=O)C1CCC[C@@H]2SCCC(NC(=O)C(CCC(Cc3ccccc3)C(=O)N[C@H]3CCSC4CCCC(C)N4C3=O)Cc3ccccc3)C(=O)N12. The van der Waals surface area contributed by atoms with E-state index in [2.05, 4.69) is 17.6 Å². The summed E-state index contributed by atoms with van der Waals surface area (Å²) in [7, 11) is 1.35. The van der Waals surface area contributed by atoms with Crippen LogP contribution in [0.25, 0.3) is 0 Å². The molecule has 4 aliphatic heterocycles. The van der Waals surface area contributed by atoms with Gasteiger partial charge in [0.2, 0.25) is 23.6 Å². The van der Waals surface area contributed by atoms with E-state index in [9.17, 15) is 24.0 Å². The number of nitrogens with one attached hydrogen (secondary N) is 2. The predicted octanol–water partition coefficient (Wildman–Crippen LogP) is 5.34. The molecule has 0 aliphatic carbocycles. The van der Waals surface area contributed by atoms with Crippen molar-refractivity contribution in [2.24, 2.45) is 11.8 Å². The third kappa shape index (κ3) is 9.79. The highest BCUT2D eigenvalue weighted by atomic mass is 32.2. The van der Waals surface area contributed by atoms with Crippen molar-refractivity contribution in [1.29, 1.82) is 0 Å². The van der Waals surface area contributed by atoms with Crippen LogP contribution in [0.2, 0.25) is 0 Å². The third-order valence-corrected chi connectivity index (χ3v) is 14.0. The van der Waals surface area contributed by atoms with Gasteiger partial charge in [0, 0.05) is 17.9 Å². The zero-order valence-corrected chi connectivity index (χ0v) is 32.6. The van der Waals surface area contributed by atoms with Crippen LogP contribution in [0, 0.1) is 11.8 Å². The van der Waals surface area contributed by atoms with Gasteiger partial charge in [-0.25, -0.2) is 4.79 Å². The van der Waals surface area contributed by atoms with Crippen LogP contribution < -0.4 is 10.6 Å². The van der Waals surface area contributed by atoms with Crippen LogP contribution in [0.5, 0.6) is 0 Å². The predicted molar refractivity (Wildman–Crippen MR) is 209 cm³/mol. The van der Waals surface area contributed by atoms with Crippen LogP contribution in [0.3, 0.4) is 0 Å². The summed E-state index contributed by atoms with van der Waals surface area (Å²) in [6.07, 6.45) is 8.08. The molecule has 2 aromatic rings. The molecular formula is C41H54N4O6S2. The van der Waals surface area contributed by atoms with E-state index in [1.807, 2.05) is 77.3 Å². The fraction of sp³-hybridized carbons (Fsp3) is 0.585. The fourth-order valence-corrected chi connectivity index (χ4v) is 11.3. The number of fused-ring (bicyclic) bond motifs is 2. The second-order valence-electron chi connectivity index (χ2n) is 14.9. The fourth-order valence-electron chi connectivity index (χ4n) is 8.41. The highest BCUT2D eigenvalue weighted by molar-refractivity contribution is 8.00. The molecule has 12 heteroatoms. The van der Waals surface area contributed by atoms with Crippen molar-refractivity contribution in [3.05, 3.63) is 71.8 Å². The Bertz CT molecular complexity index is 1580. The quantitative estimate of drug-likeness (QED) is 0.278. The lowest BCUT2D eigenvalue weighted by Gasteiger charge is -2.40. The number of hydrogen-bond donors (Lipinski definition) is 2. The summed E-state index contributed by atoms with van der Waals surface area (Å²) in [5.74, 6) is -0.526. The number of rotatable bonds is 12. The summed E-state index contributed by atoms with van der Waals surface area (Å²) in [4.78, 5) is 72.8. The van der Waals surface area contributed by atoms with Gasteiger partial charge >= 0.3 is 5.97 Å². The number of methoxy groups -OCH3 is 1. The first-order valence-electron chi connectivity index (χ1n) is 19.4. The van der Waals surface area contributed by atoms with Crippen molar-refractivity contribution in [2.45, 2.75) is 119 Å². The van der Waals surface area contributed by atoms with Crippen molar-refractivity contribution >= 4 is 53.1 Å². The first-order valence-corrected chi connectivity index (χ1v) is 21.5. The molecule has 0 bridgehead atoms. The minimum absolute atomic E-state index is 0.0111. The molecule has 286 valence electrons. The van der Waals surface area contributed by atoms with Crippen molar-refractivity contribution < 1.29 is 28.7 Å². The van der Waals surface area contributed by atoms with Gasteiger partial charge in [0.05, 0.1) is 17.9 Å². The largest absolute Gasteiger partial charge is 0.467 e. The highest BCUT2D eigenvalue weighted by Gasteiger charge is 2.44. The lowest BCUT2D eigenvalue weighted by atomic mass is 9.86. The average molecular weight is 763 g/mol. The molecule has 8 atom stereocenters. The van der Waals surface area contributed by atoms with Crippen molar-refractivity contribution in [1.82, 2.24) is 20.4 Å². The Labute approximate surface area is 322 Å². The molecule has 0 aromatic heterocycles. The normalized spacial score (nSPS) is 27.3. The molecule has 53 heavy (non-hydrogen) atoms. The van der Waals surface area contributed by atoms with Crippen LogP contribution in [-0.4, -0.2) is 92.9 Å². The number of esters is 1. The number of piperidine rings is 2. The molecule has 4 saturated heterocycles. The number of carbonyl (C=O) groups is 5. The van der Waals surface area contributed by atoms with Crippen LogP contribution in [0.4, 0.5) is 0 Å². The Morgan fingerprint density at radius 1 is 0.698 bits per heavy atom. The van der Waals surface area contributed by atoms with E-state index in [0.29, 0.717) is 50.7 Å². The molecule has 10 nitrogen and oxygen atoms in total. The molecule has 2 N–H and O–H groups in total. The van der Waals surface area contributed by atoms with Crippen LogP contribution >= 0.6 is 23.5 Å². The third-order valence-electron chi connectivity index (χ3n) is 11.3. The lowest BCUT2D eigenvalue weighted by molar-refractivity contribution is -0.156. The van der Waals surface area contributed by atoms with Gasteiger partial charge in [-0.3, -0.25) is 19.2 Å². The number of benzene rings is 2. The topological polar surface area (TPSA) is 125 Å². The van der Waals surface area contributed by atoms with Gasteiger partial charge in [0.15, 0.2) is 0 Å². The molecular weight excluding hydrogens is 709 g/mol. The molecule has 6 unspecified atom stereocenters. The van der Waals surface area contributed by atoms with Crippen molar-refractivity contribution in [2.75, 3.05) is 18.6 Å². The molecule has 6 rings (SSSR count). The molecule has 0 saturated carbocycles. The average Bonchev–Trinajstić information content (AvgIpc) is 3.43. The van der Waals surface area contributed by atoms with Crippen molar-refractivity contribution in [3.8, 4) is 0 Å². The monoisotopic (exact) mass is 762 g/mol. The zero-order valence-electron chi connectivity index (χ0n) is 31.0. The maximum absolute atomic E-state index is 14.3. The molecule has 4 fully saturated rings. The maximum atomic E-state index is 14.3. The van der Waals surface area contributed by atoms with Gasteiger partial charge in [-0.2, -0.15) is 0 Å². The molecule has 0 spiro atoms. The lowest BCUT2D eigenvalue weighted by Crippen LogP contribution is -2.57. The minimum atomic E-state index is -0.757. The summed E-state index contributed by atoms with van der Waals surface area (Å²) in [6, 6.07) is 17.9. The first-order chi connectivity index (χ1) is 25.7. The Balaban J connectivity index is 1.19. The minimum Gasteiger partial charge on any atom is -0.467 e. The van der Waals surface area contributed by atoms with Gasteiger partial charge in [-0.1, -0.05) is 60.7 Å². The number of carbonyl (C=O) groups excluding carboxylic acids is 5. The second-order valence-corrected chi connectivity index (χ2v) is 17.5. The van der Waals surface area contributed by atoms with E-state index < -0.39 is 35.9 Å². The Morgan fingerprint density at radius 2 is 1.17 bits per heavy atom. The Kier molecular flexibility index (Phi) is 13.8. The van der Waals surface area contributed by atoms with Crippen molar-refractivity contribution in [3.63, 3.8) is 0 Å². The maximum Gasteiger partial charge on any atom is 0.328 e. The summed E-state index contributed by atoms with van der Waals surface area (Å²) < 4.78 is 5.07. The van der Waals surface area contributed by atoms with Crippen LogP contribution in [0.1, 0.15) is 82.3 Å². The van der Waals surface area contributed by atoms with Gasteiger partial charge in [0.25, 0.3) is 0 Å². The standard InChI is InChI=1S/C41H54N4O6S2/c1-27-11-9-17-35-44(27)39(48)32(21-23-52-35)42-37(46)30(25-28-12-5-3-6-13-28)19-20-31(26-29-14-7-4-8-15-29)38(47)43-33-22-24-53-36-18-10-16-34(41(50)51-2)45(36)40(33)49/h3-8,12-15,27,30-36H,9-11,16-26H2,1-2H3,(H,42,46)(H,43,47)/t27?,30?,31?,32-,33?,34?,35?,36-/m0/s1. The smallest absolute Gasteiger partial charge is 0.328 e. The Hall–Kier alpha value is -3.51. The number of hydrogen-bond acceptors (Lipinski definition) is 8. The van der Waals surface area contributed by atoms with Gasteiger partial charge in [0.1, 0.15) is 18.1 Å². The molecule has 4 amide bonds. The molecule has 4 heterocycles. The van der Waals surface area contributed by atoms with E-state index in [0.717, 1.165) is 49.0 Å². The van der Waals surface area contributed by atoms with Crippen LogP contribution in [0.15, 0.2) is 60.7 Å². The first kappa shape index (κ1) is 39.2. The number of amides is 4. The van der Waals surface area contributed by atoms with E-state index in [4.69, 9.17) is 4.74 Å². The van der Waals surface area contributed by atoms with Gasteiger partial charge < -0.3 is 25.2 Å². The highest BCUT2D eigenvalue weighted by Crippen LogP contribution is 2.36. The van der Waals surface area contributed by atoms with Gasteiger partial charge in [-0.15, -0.1) is 23.5 Å². The van der Waals surface area contributed by atoms with Gasteiger partial charge in [-0.05, 0) is 107 Å². The number of ether oxygens (including phenoxy) is 1. The molecule has 0 radical (unpaired) electrons. The Morgan fingerprint density at radius 3 is 1.68 bits per heavy atom. The summed E-state index contributed by atoms with van der Waals surface area (Å²) in [6.45, 7) is 2.11. The number of nitrogens with zero attached hydrogens (tertiary/aromatic N) is 2. The summed E-state index contributed by atoms with van der Waals surface area (Å²) in [5.41, 5.74) is 2.01. The zero-order chi connectivity index (χ0) is 37.3.